The molecule has 15 heavy (non-hydrogen) atoms. The molecule has 0 radical (unpaired) electrons. The molecule has 0 aliphatic heterocycles. The third-order valence-electron chi connectivity index (χ3n) is 2.77. The van der Waals surface area contributed by atoms with E-state index in [0.717, 1.165) is 23.8 Å². The number of nitrogens with zero attached hydrogens (tertiary/aromatic N) is 4. The van der Waals surface area contributed by atoms with Crippen molar-refractivity contribution in [1.29, 1.82) is 5.26 Å². The van der Waals surface area contributed by atoms with Crippen molar-refractivity contribution in [3.05, 3.63) is 29.7 Å². The van der Waals surface area contributed by atoms with Gasteiger partial charge in [0.2, 0.25) is 0 Å². The lowest BCUT2D eigenvalue weighted by Crippen LogP contribution is -1.96. The molecule has 1 aliphatic rings. The normalized spacial score (nSPS) is 15.4. The third kappa shape index (κ3) is 1.46. The Morgan fingerprint density at radius 2 is 2.27 bits per heavy atom. The number of hydrogen-bond donors (Lipinski definition) is 0. The molecule has 3 rings (SSSR count). The molecule has 0 aromatic carbocycles. The van der Waals surface area contributed by atoms with Crippen LogP contribution in [0.25, 0.3) is 5.65 Å². The molecule has 1 fully saturated rings. The summed E-state index contributed by atoms with van der Waals surface area (Å²) in [4.78, 5) is 0. The summed E-state index contributed by atoms with van der Waals surface area (Å²) in [5.41, 5.74) is 1.48. The molecule has 0 spiro atoms. The van der Waals surface area contributed by atoms with Crippen molar-refractivity contribution in [3.63, 3.8) is 0 Å². The van der Waals surface area contributed by atoms with Gasteiger partial charge in [0, 0.05) is 12.6 Å². The molecule has 0 N–H and O–H groups in total. The Kier molecular flexibility index (Phi) is 1.72. The molecule has 0 unspecified atom stereocenters. The molecule has 2 aromatic heterocycles. The zero-order valence-corrected chi connectivity index (χ0v) is 8.22. The Labute approximate surface area is 87.2 Å². The summed E-state index contributed by atoms with van der Waals surface area (Å²) in [6, 6.07) is 5.73. The van der Waals surface area contributed by atoms with E-state index >= 15 is 0 Å². The van der Waals surface area contributed by atoms with E-state index < -0.39 is 0 Å². The molecule has 0 bridgehead atoms. The van der Waals surface area contributed by atoms with E-state index in [9.17, 15) is 0 Å². The Morgan fingerprint density at radius 1 is 1.40 bits per heavy atom. The monoisotopic (exact) mass is 198 g/mol. The molecule has 74 valence electrons. The second kappa shape index (κ2) is 3.06. The minimum atomic E-state index is 0.652. The molecule has 0 amide bonds. The predicted octanol–water partition coefficient (Wildman–Crippen LogP) is 1.55. The van der Waals surface area contributed by atoms with Crippen LogP contribution in [-0.2, 0) is 6.42 Å². The van der Waals surface area contributed by atoms with Crippen molar-refractivity contribution in [2.45, 2.75) is 19.3 Å². The summed E-state index contributed by atoms with van der Waals surface area (Å²) in [5.74, 6) is 1.76. The van der Waals surface area contributed by atoms with Crippen LogP contribution in [0.3, 0.4) is 0 Å². The SMILES string of the molecule is N#Cc1ccc2nnc(CC3CC3)n2c1. The number of rotatable bonds is 2. The number of fused-ring (bicyclic) bond motifs is 1. The van der Waals surface area contributed by atoms with Crippen LogP contribution >= 0.6 is 0 Å². The number of hydrogen-bond acceptors (Lipinski definition) is 3. The molecule has 1 aliphatic carbocycles. The summed E-state index contributed by atoms with van der Waals surface area (Å²) in [7, 11) is 0. The lowest BCUT2D eigenvalue weighted by atomic mass is 10.2. The highest BCUT2D eigenvalue weighted by atomic mass is 15.2. The summed E-state index contributed by atoms with van der Waals surface area (Å²) in [6.07, 6.45) is 5.39. The van der Waals surface area contributed by atoms with E-state index in [4.69, 9.17) is 5.26 Å². The first kappa shape index (κ1) is 8.42. The van der Waals surface area contributed by atoms with Gasteiger partial charge in [0.05, 0.1) is 5.56 Å². The van der Waals surface area contributed by atoms with Crippen molar-refractivity contribution in [3.8, 4) is 6.07 Å². The largest absolute Gasteiger partial charge is 0.285 e. The van der Waals surface area contributed by atoms with E-state index in [1.165, 1.54) is 12.8 Å². The van der Waals surface area contributed by atoms with Crippen LogP contribution in [-0.4, -0.2) is 14.6 Å². The van der Waals surface area contributed by atoms with Crippen LogP contribution < -0.4 is 0 Å². The highest BCUT2D eigenvalue weighted by Gasteiger charge is 2.23. The molecule has 4 heteroatoms. The van der Waals surface area contributed by atoms with Crippen molar-refractivity contribution < 1.29 is 0 Å². The van der Waals surface area contributed by atoms with Crippen LogP contribution in [0, 0.1) is 17.2 Å². The van der Waals surface area contributed by atoms with Gasteiger partial charge in [-0.2, -0.15) is 5.26 Å². The Balaban J connectivity index is 2.09. The highest BCUT2D eigenvalue weighted by Crippen LogP contribution is 2.32. The van der Waals surface area contributed by atoms with Gasteiger partial charge < -0.3 is 0 Å². The summed E-state index contributed by atoms with van der Waals surface area (Å²) < 4.78 is 1.93. The van der Waals surface area contributed by atoms with E-state index in [0.29, 0.717) is 5.56 Å². The number of aromatic nitrogens is 3. The highest BCUT2D eigenvalue weighted by molar-refractivity contribution is 5.42. The zero-order valence-electron chi connectivity index (χ0n) is 8.22. The minimum absolute atomic E-state index is 0.652. The van der Waals surface area contributed by atoms with Gasteiger partial charge in [-0.1, -0.05) is 0 Å². The molecule has 0 atom stereocenters. The van der Waals surface area contributed by atoms with E-state index in [1.54, 1.807) is 6.07 Å². The molecule has 2 aromatic rings. The van der Waals surface area contributed by atoms with Crippen molar-refractivity contribution in [1.82, 2.24) is 14.6 Å². The molecule has 0 saturated heterocycles. The average molecular weight is 198 g/mol. The third-order valence-corrected chi connectivity index (χ3v) is 2.77. The van der Waals surface area contributed by atoms with Gasteiger partial charge in [-0.05, 0) is 30.9 Å². The lowest BCUT2D eigenvalue weighted by molar-refractivity contribution is 0.757. The molecule has 4 nitrogen and oxygen atoms in total. The van der Waals surface area contributed by atoms with Crippen LogP contribution in [0.2, 0.25) is 0 Å². The summed E-state index contributed by atoms with van der Waals surface area (Å²) >= 11 is 0. The van der Waals surface area contributed by atoms with Gasteiger partial charge >= 0.3 is 0 Å². The Hall–Kier alpha value is -1.89. The van der Waals surface area contributed by atoms with Crippen LogP contribution in [0.4, 0.5) is 0 Å². The van der Waals surface area contributed by atoms with Gasteiger partial charge in [-0.15, -0.1) is 10.2 Å². The zero-order chi connectivity index (χ0) is 10.3. The smallest absolute Gasteiger partial charge is 0.160 e. The fraction of sp³-hybridized carbons (Fsp3) is 0.364. The first-order valence-corrected chi connectivity index (χ1v) is 5.10. The Morgan fingerprint density at radius 3 is 3.00 bits per heavy atom. The fourth-order valence-corrected chi connectivity index (χ4v) is 1.72. The molecular weight excluding hydrogens is 188 g/mol. The molecule has 1 saturated carbocycles. The van der Waals surface area contributed by atoms with Crippen molar-refractivity contribution >= 4 is 5.65 Å². The van der Waals surface area contributed by atoms with Crippen molar-refractivity contribution in [2.75, 3.05) is 0 Å². The maximum Gasteiger partial charge on any atom is 0.160 e. The van der Waals surface area contributed by atoms with E-state index in [2.05, 4.69) is 16.3 Å². The maximum absolute atomic E-state index is 8.82. The van der Waals surface area contributed by atoms with Gasteiger partial charge in [0.15, 0.2) is 5.65 Å². The van der Waals surface area contributed by atoms with Gasteiger partial charge in [0.25, 0.3) is 0 Å². The second-order valence-corrected chi connectivity index (χ2v) is 4.02. The lowest BCUT2D eigenvalue weighted by Gasteiger charge is -1.98. The van der Waals surface area contributed by atoms with Crippen LogP contribution in [0.15, 0.2) is 18.3 Å². The van der Waals surface area contributed by atoms with Gasteiger partial charge in [-0.3, -0.25) is 4.40 Å². The van der Waals surface area contributed by atoms with Crippen LogP contribution in [0.5, 0.6) is 0 Å². The summed E-state index contributed by atoms with van der Waals surface area (Å²) in [6.45, 7) is 0. The fourth-order valence-electron chi connectivity index (χ4n) is 1.72. The van der Waals surface area contributed by atoms with Crippen LogP contribution in [0.1, 0.15) is 24.2 Å². The summed E-state index contributed by atoms with van der Waals surface area (Å²) in [5, 5.41) is 17.0. The van der Waals surface area contributed by atoms with Gasteiger partial charge in [0.1, 0.15) is 11.9 Å². The average Bonchev–Trinajstić information content (AvgIpc) is 3.00. The molecular formula is C11H10N4. The molecule has 2 heterocycles. The maximum atomic E-state index is 8.82. The predicted molar refractivity (Wildman–Crippen MR) is 54.1 cm³/mol. The van der Waals surface area contributed by atoms with Crippen molar-refractivity contribution in [2.24, 2.45) is 5.92 Å². The van der Waals surface area contributed by atoms with E-state index in [1.807, 2.05) is 16.7 Å². The van der Waals surface area contributed by atoms with Gasteiger partial charge in [-0.25, -0.2) is 0 Å². The van der Waals surface area contributed by atoms with E-state index in [-0.39, 0.29) is 0 Å². The number of pyridine rings is 1. The standard InChI is InChI=1S/C11H10N4/c12-6-9-3-4-10-13-14-11(15(10)7-9)5-8-1-2-8/h3-4,7-8H,1-2,5H2. The number of nitriles is 1. The Bertz CT molecular complexity index is 545. The first-order chi connectivity index (χ1) is 7.36. The second-order valence-electron chi connectivity index (χ2n) is 4.02. The topological polar surface area (TPSA) is 54.0 Å². The minimum Gasteiger partial charge on any atom is -0.285 e. The first-order valence-electron chi connectivity index (χ1n) is 5.10. The quantitative estimate of drug-likeness (QED) is 0.735.